The number of carbonyl (C=O) groups excluding carboxylic acids is 1. The Morgan fingerprint density at radius 2 is 1.88 bits per heavy atom. The number of hydrogen-bond acceptors (Lipinski definition) is 3. The smallest absolute Gasteiger partial charge is 0.305 e. The van der Waals surface area contributed by atoms with E-state index in [0.717, 1.165) is 17.9 Å². The van der Waals surface area contributed by atoms with Crippen molar-refractivity contribution in [1.29, 1.82) is 0 Å². The predicted octanol–water partition coefficient (Wildman–Crippen LogP) is 2.83. The molecule has 0 bridgehead atoms. The summed E-state index contributed by atoms with van der Waals surface area (Å²) >= 11 is 0. The highest BCUT2D eigenvalue weighted by atomic mass is 16.5. The minimum atomic E-state index is -0.176. The quantitative estimate of drug-likeness (QED) is 0.712. The molecule has 3 nitrogen and oxygen atoms in total. The molecule has 0 saturated carbocycles. The van der Waals surface area contributed by atoms with Crippen LogP contribution >= 0.6 is 0 Å². The van der Waals surface area contributed by atoms with E-state index in [4.69, 9.17) is 4.74 Å². The zero-order valence-corrected chi connectivity index (χ0v) is 10.7. The largest absolute Gasteiger partial charge is 0.493 e. The van der Waals surface area contributed by atoms with E-state index in [9.17, 15) is 4.79 Å². The lowest BCUT2D eigenvalue weighted by Crippen LogP contribution is -2.04. The molecule has 0 spiro atoms. The zero-order chi connectivity index (χ0) is 12.7. The van der Waals surface area contributed by atoms with Gasteiger partial charge in [0.2, 0.25) is 0 Å². The summed E-state index contributed by atoms with van der Waals surface area (Å²) in [5.41, 5.74) is 1.12. The van der Waals surface area contributed by atoms with Crippen molar-refractivity contribution in [1.82, 2.24) is 0 Å². The molecule has 0 atom stereocenters. The predicted molar refractivity (Wildman–Crippen MR) is 67.1 cm³/mol. The molecule has 17 heavy (non-hydrogen) atoms. The van der Waals surface area contributed by atoms with Crippen molar-refractivity contribution in [3.63, 3.8) is 0 Å². The molecule has 0 N–H and O–H groups in total. The van der Waals surface area contributed by atoms with E-state index in [1.165, 1.54) is 7.11 Å². The van der Waals surface area contributed by atoms with Crippen molar-refractivity contribution < 1.29 is 14.3 Å². The number of benzene rings is 1. The number of carbonyl (C=O) groups is 1. The first-order valence-electron chi connectivity index (χ1n) is 5.90. The Hall–Kier alpha value is -1.51. The number of hydrogen-bond donors (Lipinski definition) is 0. The van der Waals surface area contributed by atoms with Crippen LogP contribution in [0.4, 0.5) is 0 Å². The van der Waals surface area contributed by atoms with E-state index < -0.39 is 0 Å². The third kappa shape index (κ3) is 5.38. The van der Waals surface area contributed by atoms with Crippen LogP contribution in [0.25, 0.3) is 0 Å². The van der Waals surface area contributed by atoms with E-state index in [1.54, 1.807) is 0 Å². The van der Waals surface area contributed by atoms with Crippen molar-refractivity contribution in [2.45, 2.75) is 26.7 Å². The molecule has 0 unspecified atom stereocenters. The highest BCUT2D eigenvalue weighted by molar-refractivity contribution is 5.69. The van der Waals surface area contributed by atoms with Gasteiger partial charge in [-0.15, -0.1) is 0 Å². The van der Waals surface area contributed by atoms with E-state index >= 15 is 0 Å². The lowest BCUT2D eigenvalue weighted by molar-refractivity contribution is -0.140. The van der Waals surface area contributed by atoms with Gasteiger partial charge >= 0.3 is 5.97 Å². The summed E-state index contributed by atoms with van der Waals surface area (Å²) in [6.45, 7) is 4.96. The summed E-state index contributed by atoms with van der Waals surface area (Å²) < 4.78 is 10.2. The molecule has 0 fully saturated rings. The third-order valence-corrected chi connectivity index (χ3v) is 2.35. The van der Waals surface area contributed by atoms with Gasteiger partial charge in [-0.25, -0.2) is 0 Å². The Morgan fingerprint density at radius 1 is 1.24 bits per heavy atom. The van der Waals surface area contributed by atoms with Gasteiger partial charge in [-0.3, -0.25) is 4.79 Å². The SMILES string of the molecule is COC(=O)CCc1ccc(OCC(C)C)cc1. The zero-order valence-electron chi connectivity index (χ0n) is 10.7. The van der Waals surface area contributed by atoms with Crippen LogP contribution in [-0.4, -0.2) is 19.7 Å². The van der Waals surface area contributed by atoms with Crippen molar-refractivity contribution in [2.24, 2.45) is 5.92 Å². The molecule has 3 heteroatoms. The van der Waals surface area contributed by atoms with Crippen LogP contribution < -0.4 is 4.74 Å². The molecule has 0 aliphatic rings. The molecule has 0 aromatic heterocycles. The van der Waals surface area contributed by atoms with E-state index in [-0.39, 0.29) is 5.97 Å². The van der Waals surface area contributed by atoms with Gasteiger partial charge in [0.1, 0.15) is 5.75 Å². The Morgan fingerprint density at radius 3 is 2.41 bits per heavy atom. The fourth-order valence-corrected chi connectivity index (χ4v) is 1.36. The minimum Gasteiger partial charge on any atom is -0.493 e. The highest BCUT2D eigenvalue weighted by Gasteiger charge is 2.02. The first-order chi connectivity index (χ1) is 8.11. The average Bonchev–Trinajstić information content (AvgIpc) is 2.34. The Kier molecular flexibility index (Phi) is 5.53. The summed E-state index contributed by atoms with van der Waals surface area (Å²) in [7, 11) is 1.41. The van der Waals surface area contributed by atoms with Gasteiger partial charge in [-0.1, -0.05) is 26.0 Å². The molecule has 0 amide bonds. The molecular formula is C14H20O3. The Bertz CT molecular complexity index is 341. The minimum absolute atomic E-state index is 0.176. The summed E-state index contributed by atoms with van der Waals surface area (Å²) in [5, 5.41) is 0. The van der Waals surface area contributed by atoms with Gasteiger partial charge in [0.15, 0.2) is 0 Å². The van der Waals surface area contributed by atoms with Gasteiger partial charge in [0.05, 0.1) is 13.7 Å². The molecule has 0 aliphatic carbocycles. The summed E-state index contributed by atoms with van der Waals surface area (Å²) in [6.07, 6.45) is 1.12. The number of aryl methyl sites for hydroxylation is 1. The Labute approximate surface area is 103 Å². The molecule has 94 valence electrons. The maximum atomic E-state index is 11.0. The standard InChI is InChI=1S/C14H20O3/c1-11(2)10-17-13-7-4-12(5-8-13)6-9-14(15)16-3/h4-5,7-8,11H,6,9-10H2,1-3H3. The molecule has 1 aromatic carbocycles. The molecular weight excluding hydrogens is 216 g/mol. The van der Waals surface area contributed by atoms with Gasteiger partial charge in [-0.2, -0.15) is 0 Å². The van der Waals surface area contributed by atoms with Crippen LogP contribution in [0.5, 0.6) is 5.75 Å². The van der Waals surface area contributed by atoms with Gasteiger partial charge < -0.3 is 9.47 Å². The van der Waals surface area contributed by atoms with Crippen LogP contribution in [-0.2, 0) is 16.0 Å². The van der Waals surface area contributed by atoms with E-state index in [1.807, 2.05) is 24.3 Å². The van der Waals surface area contributed by atoms with Crippen molar-refractivity contribution in [3.8, 4) is 5.75 Å². The first-order valence-corrected chi connectivity index (χ1v) is 5.90. The lowest BCUT2D eigenvalue weighted by Gasteiger charge is -2.09. The monoisotopic (exact) mass is 236 g/mol. The second-order valence-corrected chi connectivity index (χ2v) is 4.42. The van der Waals surface area contributed by atoms with Crippen molar-refractivity contribution >= 4 is 5.97 Å². The molecule has 0 radical (unpaired) electrons. The second-order valence-electron chi connectivity index (χ2n) is 4.42. The summed E-state index contributed by atoms with van der Waals surface area (Å²) in [5.74, 6) is 1.22. The number of rotatable bonds is 6. The number of esters is 1. The van der Waals surface area contributed by atoms with Crippen molar-refractivity contribution in [3.05, 3.63) is 29.8 Å². The highest BCUT2D eigenvalue weighted by Crippen LogP contribution is 2.14. The number of methoxy groups -OCH3 is 1. The molecule has 0 heterocycles. The van der Waals surface area contributed by atoms with Gasteiger partial charge in [-0.05, 0) is 30.0 Å². The topological polar surface area (TPSA) is 35.5 Å². The van der Waals surface area contributed by atoms with E-state index in [0.29, 0.717) is 18.8 Å². The van der Waals surface area contributed by atoms with Gasteiger partial charge in [0.25, 0.3) is 0 Å². The summed E-state index contributed by atoms with van der Waals surface area (Å²) in [4.78, 5) is 11.0. The van der Waals surface area contributed by atoms with Crippen LogP contribution in [0.1, 0.15) is 25.8 Å². The van der Waals surface area contributed by atoms with Gasteiger partial charge in [0, 0.05) is 6.42 Å². The molecule has 1 rings (SSSR count). The lowest BCUT2D eigenvalue weighted by atomic mass is 10.1. The average molecular weight is 236 g/mol. The Balaban J connectivity index is 2.42. The van der Waals surface area contributed by atoms with E-state index in [2.05, 4.69) is 18.6 Å². The second kappa shape index (κ2) is 6.94. The third-order valence-electron chi connectivity index (χ3n) is 2.35. The molecule has 0 saturated heterocycles. The first kappa shape index (κ1) is 13.6. The maximum Gasteiger partial charge on any atom is 0.305 e. The normalized spacial score (nSPS) is 10.4. The van der Waals surface area contributed by atoms with Crippen molar-refractivity contribution in [2.75, 3.05) is 13.7 Å². The fraction of sp³-hybridized carbons (Fsp3) is 0.500. The summed E-state index contributed by atoms with van der Waals surface area (Å²) in [6, 6.07) is 7.85. The van der Waals surface area contributed by atoms with Crippen LogP contribution in [0, 0.1) is 5.92 Å². The van der Waals surface area contributed by atoms with Crippen LogP contribution in [0.15, 0.2) is 24.3 Å². The molecule has 1 aromatic rings. The van der Waals surface area contributed by atoms with Crippen LogP contribution in [0.3, 0.4) is 0 Å². The fourth-order valence-electron chi connectivity index (χ4n) is 1.36. The maximum absolute atomic E-state index is 11.0. The molecule has 0 aliphatic heterocycles. The van der Waals surface area contributed by atoms with Crippen LogP contribution in [0.2, 0.25) is 0 Å². The number of ether oxygens (including phenoxy) is 2.